The first-order chi connectivity index (χ1) is 11.2. The lowest BCUT2D eigenvalue weighted by atomic mass is 10.2. The molecule has 0 spiro atoms. The van der Waals surface area contributed by atoms with E-state index in [4.69, 9.17) is 16.0 Å². The Kier molecular flexibility index (Phi) is 4.54. The molecule has 0 atom stereocenters. The zero-order chi connectivity index (χ0) is 16.1. The maximum Gasteiger partial charge on any atom is 0.271 e. The third kappa shape index (κ3) is 3.87. The summed E-state index contributed by atoms with van der Waals surface area (Å²) in [6.07, 6.45) is 1.46. The molecule has 0 fully saturated rings. The molecule has 1 aromatic heterocycles. The Hall–Kier alpha value is -2.85. The lowest BCUT2D eigenvalue weighted by Gasteiger charge is -1.98. The van der Waals surface area contributed by atoms with Gasteiger partial charge in [-0.3, -0.25) is 4.79 Å². The third-order valence-electron chi connectivity index (χ3n) is 3.15. The normalized spacial score (nSPS) is 10.8. The first-order valence-corrected chi connectivity index (χ1v) is 7.34. The van der Waals surface area contributed by atoms with E-state index in [0.717, 1.165) is 5.56 Å². The Bertz CT molecular complexity index is 824. The second-order valence-electron chi connectivity index (χ2n) is 4.77. The van der Waals surface area contributed by atoms with Crippen LogP contribution in [0.15, 0.2) is 76.2 Å². The van der Waals surface area contributed by atoms with Gasteiger partial charge in [0.25, 0.3) is 5.91 Å². The average molecular weight is 325 g/mol. The molecule has 0 unspecified atom stereocenters. The van der Waals surface area contributed by atoms with Gasteiger partial charge in [0, 0.05) is 16.1 Å². The van der Waals surface area contributed by atoms with E-state index in [1.807, 2.05) is 24.3 Å². The van der Waals surface area contributed by atoms with Crippen molar-refractivity contribution < 1.29 is 9.21 Å². The van der Waals surface area contributed by atoms with E-state index < -0.39 is 0 Å². The van der Waals surface area contributed by atoms with E-state index in [2.05, 4.69) is 10.5 Å². The number of furan rings is 1. The van der Waals surface area contributed by atoms with Gasteiger partial charge in [-0.15, -0.1) is 0 Å². The van der Waals surface area contributed by atoms with Crippen molar-refractivity contribution >= 4 is 23.7 Å². The van der Waals surface area contributed by atoms with Gasteiger partial charge in [-0.2, -0.15) is 5.10 Å². The summed E-state index contributed by atoms with van der Waals surface area (Å²) in [6.45, 7) is 0. The second-order valence-corrected chi connectivity index (χ2v) is 5.21. The van der Waals surface area contributed by atoms with Crippen LogP contribution >= 0.6 is 11.6 Å². The summed E-state index contributed by atoms with van der Waals surface area (Å²) in [5, 5.41) is 4.57. The van der Waals surface area contributed by atoms with Crippen LogP contribution in [0.5, 0.6) is 0 Å². The van der Waals surface area contributed by atoms with Crippen LogP contribution in [0, 0.1) is 0 Å². The lowest BCUT2D eigenvalue weighted by Crippen LogP contribution is -2.17. The molecular formula is C18H13ClN2O2. The van der Waals surface area contributed by atoms with E-state index >= 15 is 0 Å². The van der Waals surface area contributed by atoms with Gasteiger partial charge >= 0.3 is 0 Å². The first kappa shape index (κ1) is 15.1. The summed E-state index contributed by atoms with van der Waals surface area (Å²) in [7, 11) is 0. The number of carbonyl (C=O) groups excluding carboxylic acids is 1. The summed E-state index contributed by atoms with van der Waals surface area (Å²) in [5.41, 5.74) is 3.92. The number of benzene rings is 2. The highest BCUT2D eigenvalue weighted by Crippen LogP contribution is 2.23. The predicted octanol–water partition coefficient (Wildman–Crippen LogP) is 4.36. The van der Waals surface area contributed by atoms with Crippen molar-refractivity contribution in [2.45, 2.75) is 0 Å². The van der Waals surface area contributed by atoms with Gasteiger partial charge in [0.2, 0.25) is 0 Å². The Morgan fingerprint density at radius 3 is 2.48 bits per heavy atom. The summed E-state index contributed by atoms with van der Waals surface area (Å²) >= 11 is 5.86. The fraction of sp³-hybridized carbons (Fsp3) is 0. The Morgan fingerprint density at radius 1 is 1.00 bits per heavy atom. The Morgan fingerprint density at radius 2 is 1.74 bits per heavy atom. The Balaban J connectivity index is 1.65. The average Bonchev–Trinajstić information content (AvgIpc) is 3.05. The molecule has 1 amide bonds. The van der Waals surface area contributed by atoms with Crippen molar-refractivity contribution in [2.75, 3.05) is 0 Å². The molecule has 114 valence electrons. The molecule has 0 radical (unpaired) electrons. The van der Waals surface area contributed by atoms with Crippen molar-refractivity contribution in [3.63, 3.8) is 0 Å². The molecule has 4 nitrogen and oxygen atoms in total. The number of hydrogen-bond donors (Lipinski definition) is 1. The van der Waals surface area contributed by atoms with Gasteiger partial charge in [-0.05, 0) is 48.5 Å². The van der Waals surface area contributed by atoms with Crippen molar-refractivity contribution in [1.29, 1.82) is 0 Å². The van der Waals surface area contributed by atoms with Gasteiger partial charge in [-0.1, -0.05) is 29.8 Å². The standard InChI is InChI=1S/C18H13ClN2O2/c19-15-8-6-13(7-9-15)17-11-10-16(23-17)12-20-21-18(22)14-4-2-1-3-5-14/h1-12H,(H,21,22)/b20-12-. The summed E-state index contributed by atoms with van der Waals surface area (Å²) < 4.78 is 5.65. The van der Waals surface area contributed by atoms with Crippen LogP contribution in [0.1, 0.15) is 16.1 Å². The van der Waals surface area contributed by atoms with Crippen LogP contribution < -0.4 is 5.43 Å². The molecule has 23 heavy (non-hydrogen) atoms. The van der Waals surface area contributed by atoms with Crippen LogP contribution in [0.2, 0.25) is 5.02 Å². The quantitative estimate of drug-likeness (QED) is 0.572. The number of amides is 1. The molecule has 0 saturated carbocycles. The molecule has 5 heteroatoms. The van der Waals surface area contributed by atoms with E-state index in [1.165, 1.54) is 6.21 Å². The van der Waals surface area contributed by atoms with Crippen molar-refractivity contribution in [2.24, 2.45) is 5.10 Å². The zero-order valence-corrected chi connectivity index (χ0v) is 12.8. The van der Waals surface area contributed by atoms with Gasteiger partial charge in [0.15, 0.2) is 0 Å². The molecule has 0 aliphatic rings. The minimum Gasteiger partial charge on any atom is -0.455 e. The number of nitrogens with one attached hydrogen (secondary N) is 1. The molecule has 2 aromatic carbocycles. The molecule has 3 aromatic rings. The molecular weight excluding hydrogens is 312 g/mol. The molecule has 0 bridgehead atoms. The third-order valence-corrected chi connectivity index (χ3v) is 3.40. The summed E-state index contributed by atoms with van der Waals surface area (Å²) in [6, 6.07) is 19.8. The highest BCUT2D eigenvalue weighted by molar-refractivity contribution is 6.30. The fourth-order valence-electron chi connectivity index (χ4n) is 2.00. The van der Waals surface area contributed by atoms with Crippen LogP contribution in [-0.4, -0.2) is 12.1 Å². The maximum absolute atomic E-state index is 11.8. The summed E-state index contributed by atoms with van der Waals surface area (Å²) in [4.78, 5) is 11.8. The van der Waals surface area contributed by atoms with Crippen molar-refractivity contribution in [1.82, 2.24) is 5.43 Å². The van der Waals surface area contributed by atoms with Crippen molar-refractivity contribution in [3.8, 4) is 11.3 Å². The molecule has 1 heterocycles. The van der Waals surface area contributed by atoms with Crippen LogP contribution in [0.3, 0.4) is 0 Å². The topological polar surface area (TPSA) is 54.6 Å². The van der Waals surface area contributed by atoms with Crippen LogP contribution in [0.4, 0.5) is 0 Å². The number of nitrogens with zero attached hydrogens (tertiary/aromatic N) is 1. The predicted molar refractivity (Wildman–Crippen MR) is 90.7 cm³/mol. The molecule has 0 aliphatic carbocycles. The number of hydrazone groups is 1. The van der Waals surface area contributed by atoms with E-state index in [9.17, 15) is 4.79 Å². The minimum absolute atomic E-state index is 0.272. The second kappa shape index (κ2) is 6.94. The number of rotatable bonds is 4. The first-order valence-electron chi connectivity index (χ1n) is 6.96. The van der Waals surface area contributed by atoms with Crippen LogP contribution in [-0.2, 0) is 0 Å². The molecule has 0 aliphatic heterocycles. The SMILES string of the molecule is O=C(N/N=C\c1ccc(-c2ccc(Cl)cc2)o1)c1ccccc1. The smallest absolute Gasteiger partial charge is 0.271 e. The molecule has 1 N–H and O–H groups in total. The highest BCUT2D eigenvalue weighted by atomic mass is 35.5. The highest BCUT2D eigenvalue weighted by Gasteiger charge is 2.04. The number of halogens is 1. The zero-order valence-electron chi connectivity index (χ0n) is 12.1. The number of hydrogen-bond acceptors (Lipinski definition) is 3. The lowest BCUT2D eigenvalue weighted by molar-refractivity contribution is 0.0955. The molecule has 3 rings (SSSR count). The van der Waals surface area contributed by atoms with Gasteiger partial charge in [0.1, 0.15) is 11.5 Å². The van der Waals surface area contributed by atoms with Gasteiger partial charge in [0.05, 0.1) is 6.21 Å². The fourth-order valence-corrected chi connectivity index (χ4v) is 2.13. The van der Waals surface area contributed by atoms with E-state index in [0.29, 0.717) is 22.1 Å². The van der Waals surface area contributed by atoms with Crippen LogP contribution in [0.25, 0.3) is 11.3 Å². The molecule has 0 saturated heterocycles. The van der Waals surface area contributed by atoms with E-state index in [-0.39, 0.29) is 5.91 Å². The summed E-state index contributed by atoms with van der Waals surface area (Å²) in [5.74, 6) is 0.979. The monoisotopic (exact) mass is 324 g/mol. The number of carbonyl (C=O) groups is 1. The largest absolute Gasteiger partial charge is 0.455 e. The Labute approximate surface area is 138 Å². The van der Waals surface area contributed by atoms with Crippen molar-refractivity contribution in [3.05, 3.63) is 83.1 Å². The van der Waals surface area contributed by atoms with E-state index in [1.54, 1.807) is 42.5 Å². The maximum atomic E-state index is 11.8. The van der Waals surface area contributed by atoms with Gasteiger partial charge in [-0.25, -0.2) is 5.43 Å². The van der Waals surface area contributed by atoms with Gasteiger partial charge < -0.3 is 4.42 Å². The minimum atomic E-state index is -0.272.